The first-order chi connectivity index (χ1) is 19.5. The summed E-state index contributed by atoms with van der Waals surface area (Å²) in [5, 5.41) is 16.8. The minimum Gasteiger partial charge on any atom is -0.480 e. The number of carbonyl (C=O) groups is 5. The molecule has 0 aliphatic carbocycles. The fourth-order valence-corrected chi connectivity index (χ4v) is 3.78. The molecule has 1 heterocycles. The van der Waals surface area contributed by atoms with Crippen LogP contribution < -0.4 is 38.9 Å². The Balaban J connectivity index is 2.15. The number of nitrogens with one attached hydrogen (secondary N) is 4. The number of aromatic amines is 1. The number of aliphatic imine (C=N–C) groups is 1. The fourth-order valence-electron chi connectivity index (χ4n) is 3.78. The average molecular weight is 573 g/mol. The summed E-state index contributed by atoms with van der Waals surface area (Å²) in [5.74, 6) is -4.84. The van der Waals surface area contributed by atoms with Gasteiger partial charge in [-0.25, -0.2) is 9.78 Å². The topological polar surface area (TPSA) is 287 Å². The standard InChI is InChI=1S/C25H36N10O6/c26-16(9-14-5-2-1-3-6-14)21(37)33-17(7-4-8-31-25(28)29)22(38)34-18(11-20(27)36)23(39)35-19(24(40)41)10-15-12-30-13-32-15/h1-3,5-6,12-13,16-19H,4,7-11,26H2,(H2,27,36)(H,30,32)(H,33,37)(H,34,38)(H,35,39)(H,40,41)(H4,28,29,31). The Morgan fingerprint density at radius 1 is 0.902 bits per heavy atom. The molecule has 1 aromatic heterocycles. The van der Waals surface area contributed by atoms with Crippen molar-refractivity contribution in [1.29, 1.82) is 0 Å². The second kappa shape index (κ2) is 16.2. The van der Waals surface area contributed by atoms with Crippen LogP contribution in [0.4, 0.5) is 0 Å². The van der Waals surface area contributed by atoms with E-state index in [0.717, 1.165) is 5.56 Å². The van der Waals surface area contributed by atoms with Gasteiger partial charge in [-0.05, 0) is 24.8 Å². The molecule has 2 rings (SSSR count). The molecule has 0 saturated heterocycles. The van der Waals surface area contributed by atoms with E-state index in [-0.39, 0.29) is 38.2 Å². The van der Waals surface area contributed by atoms with E-state index in [1.165, 1.54) is 12.5 Å². The largest absolute Gasteiger partial charge is 0.480 e. The van der Waals surface area contributed by atoms with Crippen molar-refractivity contribution in [3.63, 3.8) is 0 Å². The quantitative estimate of drug-likeness (QED) is 0.0525. The molecule has 4 amide bonds. The summed E-state index contributed by atoms with van der Waals surface area (Å²) in [4.78, 5) is 72.9. The molecule has 0 radical (unpaired) electrons. The summed E-state index contributed by atoms with van der Waals surface area (Å²) in [6, 6.07) is 3.91. The van der Waals surface area contributed by atoms with E-state index in [0.29, 0.717) is 5.69 Å². The molecular weight excluding hydrogens is 536 g/mol. The number of amides is 4. The lowest BCUT2D eigenvalue weighted by Gasteiger charge is -2.24. The number of carbonyl (C=O) groups excluding carboxylic acids is 4. The number of rotatable bonds is 17. The zero-order chi connectivity index (χ0) is 30.4. The molecule has 0 aliphatic rings. The molecule has 4 atom stereocenters. The van der Waals surface area contributed by atoms with Crippen LogP contribution in [0.2, 0.25) is 0 Å². The average Bonchev–Trinajstić information content (AvgIpc) is 3.42. The molecule has 0 aliphatic heterocycles. The number of carboxylic acids is 1. The van der Waals surface area contributed by atoms with Gasteiger partial charge in [0.25, 0.3) is 0 Å². The Bertz CT molecular complexity index is 1200. The highest BCUT2D eigenvalue weighted by atomic mass is 16.4. The van der Waals surface area contributed by atoms with Gasteiger partial charge in [0, 0.05) is 24.9 Å². The third-order valence-electron chi connectivity index (χ3n) is 5.85. The van der Waals surface area contributed by atoms with E-state index in [1.807, 2.05) is 6.07 Å². The van der Waals surface area contributed by atoms with Gasteiger partial charge < -0.3 is 49.0 Å². The molecule has 222 valence electrons. The van der Waals surface area contributed by atoms with Gasteiger partial charge in [-0.3, -0.25) is 24.2 Å². The summed E-state index contributed by atoms with van der Waals surface area (Å²) in [5.41, 5.74) is 23.3. The van der Waals surface area contributed by atoms with Crippen molar-refractivity contribution in [2.75, 3.05) is 6.54 Å². The molecule has 0 spiro atoms. The molecule has 1 aromatic carbocycles. The Morgan fingerprint density at radius 2 is 1.54 bits per heavy atom. The first-order valence-corrected chi connectivity index (χ1v) is 12.7. The normalized spacial score (nSPS) is 13.6. The maximum Gasteiger partial charge on any atom is 0.326 e. The molecular formula is C25H36N10O6. The molecule has 41 heavy (non-hydrogen) atoms. The number of hydrogen-bond donors (Lipinski definition) is 9. The van der Waals surface area contributed by atoms with Crippen LogP contribution in [0.3, 0.4) is 0 Å². The second-order valence-electron chi connectivity index (χ2n) is 9.22. The minimum atomic E-state index is -1.53. The first kappa shape index (κ1) is 32.2. The van der Waals surface area contributed by atoms with E-state index in [4.69, 9.17) is 22.9 Å². The Kier molecular flexibility index (Phi) is 12.7. The highest BCUT2D eigenvalue weighted by molar-refractivity contribution is 5.96. The van der Waals surface area contributed by atoms with Crippen molar-refractivity contribution in [3.05, 3.63) is 54.1 Å². The molecule has 0 fully saturated rings. The number of benzene rings is 1. The van der Waals surface area contributed by atoms with E-state index in [2.05, 4.69) is 30.9 Å². The molecule has 13 N–H and O–H groups in total. The fraction of sp³-hybridized carbons (Fsp3) is 0.400. The van der Waals surface area contributed by atoms with Gasteiger partial charge >= 0.3 is 5.97 Å². The van der Waals surface area contributed by atoms with Crippen LogP contribution >= 0.6 is 0 Å². The van der Waals surface area contributed by atoms with Gasteiger partial charge in [0.2, 0.25) is 23.6 Å². The van der Waals surface area contributed by atoms with Crippen LogP contribution in [0.25, 0.3) is 0 Å². The van der Waals surface area contributed by atoms with Crippen molar-refractivity contribution < 1.29 is 29.1 Å². The Hall–Kier alpha value is -4.99. The number of nitrogens with zero attached hydrogens (tertiary/aromatic N) is 2. The second-order valence-corrected chi connectivity index (χ2v) is 9.22. The smallest absolute Gasteiger partial charge is 0.326 e. The van der Waals surface area contributed by atoms with Crippen LogP contribution in [0.5, 0.6) is 0 Å². The number of guanidine groups is 1. The highest BCUT2D eigenvalue weighted by Crippen LogP contribution is 2.06. The van der Waals surface area contributed by atoms with E-state index in [9.17, 15) is 29.1 Å². The summed E-state index contributed by atoms with van der Waals surface area (Å²) >= 11 is 0. The number of primary amides is 1. The number of H-pyrrole nitrogens is 1. The summed E-state index contributed by atoms with van der Waals surface area (Å²) in [6.45, 7) is 0.150. The molecule has 0 saturated carbocycles. The third kappa shape index (κ3) is 11.7. The van der Waals surface area contributed by atoms with Crippen molar-refractivity contribution >= 4 is 35.6 Å². The van der Waals surface area contributed by atoms with Crippen LogP contribution in [0.15, 0.2) is 47.8 Å². The highest BCUT2D eigenvalue weighted by Gasteiger charge is 2.31. The predicted molar refractivity (Wildman–Crippen MR) is 148 cm³/mol. The number of nitrogens with two attached hydrogens (primary N) is 4. The van der Waals surface area contributed by atoms with E-state index < -0.39 is 60.2 Å². The van der Waals surface area contributed by atoms with Gasteiger partial charge in [0.15, 0.2) is 5.96 Å². The summed E-state index contributed by atoms with van der Waals surface area (Å²) in [7, 11) is 0. The predicted octanol–water partition coefficient (Wildman–Crippen LogP) is -3.01. The van der Waals surface area contributed by atoms with E-state index in [1.54, 1.807) is 24.3 Å². The number of carboxylic acid groups (broad SMARTS) is 1. The summed E-state index contributed by atoms with van der Waals surface area (Å²) in [6.07, 6.45) is 2.49. The van der Waals surface area contributed by atoms with Gasteiger partial charge in [-0.1, -0.05) is 30.3 Å². The van der Waals surface area contributed by atoms with Crippen LogP contribution in [-0.2, 0) is 36.8 Å². The van der Waals surface area contributed by atoms with Crippen molar-refractivity contribution in [3.8, 4) is 0 Å². The molecule has 16 nitrogen and oxygen atoms in total. The lowest BCUT2D eigenvalue weighted by molar-refractivity contribution is -0.142. The Labute approximate surface area is 235 Å². The zero-order valence-electron chi connectivity index (χ0n) is 22.3. The monoisotopic (exact) mass is 572 g/mol. The maximum absolute atomic E-state index is 13.2. The van der Waals surface area contributed by atoms with Gasteiger partial charge in [0.05, 0.1) is 18.8 Å². The van der Waals surface area contributed by atoms with Gasteiger partial charge in [0.1, 0.15) is 18.1 Å². The third-order valence-corrected chi connectivity index (χ3v) is 5.85. The minimum absolute atomic E-state index is 0.0505. The number of aliphatic carboxylic acids is 1. The number of imidazole rings is 1. The van der Waals surface area contributed by atoms with Crippen LogP contribution in [-0.4, -0.2) is 81.3 Å². The van der Waals surface area contributed by atoms with Crippen LogP contribution in [0, 0.1) is 0 Å². The van der Waals surface area contributed by atoms with Crippen molar-refractivity contribution in [1.82, 2.24) is 25.9 Å². The lowest BCUT2D eigenvalue weighted by atomic mass is 10.0. The number of aromatic nitrogens is 2. The lowest BCUT2D eigenvalue weighted by Crippen LogP contribution is -2.58. The first-order valence-electron chi connectivity index (χ1n) is 12.7. The maximum atomic E-state index is 13.2. The molecule has 0 bridgehead atoms. The molecule has 2 aromatic rings. The Morgan fingerprint density at radius 3 is 2.12 bits per heavy atom. The van der Waals surface area contributed by atoms with Gasteiger partial charge in [-0.15, -0.1) is 0 Å². The molecule has 16 heteroatoms. The van der Waals surface area contributed by atoms with E-state index >= 15 is 0 Å². The number of hydrogen-bond acceptors (Lipinski definition) is 8. The van der Waals surface area contributed by atoms with Crippen molar-refractivity contribution in [2.24, 2.45) is 27.9 Å². The van der Waals surface area contributed by atoms with Crippen LogP contribution in [0.1, 0.15) is 30.5 Å². The SMILES string of the molecule is NC(=O)CC(NC(=O)C(CCCN=C(N)N)NC(=O)C(N)Cc1ccccc1)C(=O)NC(Cc1cnc[nH]1)C(=O)O. The molecule has 4 unspecified atom stereocenters. The van der Waals surface area contributed by atoms with Gasteiger partial charge in [-0.2, -0.15) is 0 Å². The van der Waals surface area contributed by atoms with Crippen molar-refractivity contribution in [2.45, 2.75) is 56.3 Å². The zero-order valence-corrected chi connectivity index (χ0v) is 22.3. The summed E-state index contributed by atoms with van der Waals surface area (Å²) < 4.78 is 0.